The van der Waals surface area contributed by atoms with Crippen molar-refractivity contribution in [2.24, 2.45) is 0 Å². The smallest absolute Gasteiger partial charge is 0.303 e. The fourth-order valence-corrected chi connectivity index (χ4v) is 10.7. The van der Waals surface area contributed by atoms with E-state index in [-0.39, 0.29) is 11.6 Å². The molecular formula is C27H37BO8SSi. The Bertz CT molecular complexity index is 1150. The van der Waals surface area contributed by atoms with Crippen molar-refractivity contribution in [3.8, 4) is 0 Å². The highest BCUT2D eigenvalue weighted by atomic mass is 32.2. The normalized spacial score (nSPS) is 25.2. The highest BCUT2D eigenvalue weighted by Crippen LogP contribution is 2.42. The molecular weight excluding hydrogens is 523 g/mol. The van der Waals surface area contributed by atoms with Gasteiger partial charge in [-0.2, -0.15) is 8.42 Å². The first kappa shape index (κ1) is 30.5. The highest BCUT2D eigenvalue weighted by Gasteiger charge is 2.61. The van der Waals surface area contributed by atoms with Crippen LogP contribution in [-0.2, 0) is 37.7 Å². The minimum Gasteiger partial charge on any atom is -0.458 e. The molecule has 1 saturated heterocycles. The molecule has 0 aliphatic carbocycles. The Morgan fingerprint density at radius 1 is 1.08 bits per heavy atom. The summed E-state index contributed by atoms with van der Waals surface area (Å²) in [6, 6.07) is 18.9. The second kappa shape index (κ2) is 11.6. The number of carbonyl (C=O) groups excluding carboxylic acids is 1. The van der Waals surface area contributed by atoms with Gasteiger partial charge < -0.3 is 18.6 Å². The van der Waals surface area contributed by atoms with Gasteiger partial charge in [0.25, 0.3) is 18.4 Å². The highest BCUT2D eigenvalue weighted by molar-refractivity contribution is 7.86. The molecule has 0 aromatic heterocycles. The summed E-state index contributed by atoms with van der Waals surface area (Å²) in [6.45, 7) is 9.05. The summed E-state index contributed by atoms with van der Waals surface area (Å²) in [5, 5.41) is 1.69. The molecule has 11 heteroatoms. The SMILES string of the molecule is [B][C@@H]1O[C@@](CO[Si](c2ccccc2)(c2ccccc2)C(C)(C)C)([C@@H](C)OS(C)(=O)=O)[C@@H](OC)[C@H]1OC(C)=O. The Labute approximate surface area is 228 Å². The van der Waals surface area contributed by atoms with Crippen molar-refractivity contribution in [1.82, 2.24) is 0 Å². The minimum absolute atomic E-state index is 0.138. The number of benzene rings is 2. The van der Waals surface area contributed by atoms with Crippen molar-refractivity contribution >= 4 is 42.6 Å². The summed E-state index contributed by atoms with van der Waals surface area (Å²) in [6.07, 6.45) is -2.12. The lowest BCUT2D eigenvalue weighted by molar-refractivity contribution is -0.162. The zero-order valence-corrected chi connectivity index (χ0v) is 24.9. The maximum Gasteiger partial charge on any atom is 0.303 e. The van der Waals surface area contributed by atoms with Crippen LogP contribution in [0.4, 0.5) is 0 Å². The molecule has 0 bridgehead atoms. The van der Waals surface area contributed by atoms with Gasteiger partial charge in [0.1, 0.15) is 31.8 Å². The van der Waals surface area contributed by atoms with Gasteiger partial charge in [-0.15, -0.1) is 0 Å². The third-order valence-electron chi connectivity index (χ3n) is 6.95. The third kappa shape index (κ3) is 6.08. The van der Waals surface area contributed by atoms with E-state index >= 15 is 0 Å². The molecule has 1 aliphatic rings. The second-order valence-corrected chi connectivity index (χ2v) is 16.6. The van der Waals surface area contributed by atoms with E-state index in [1.54, 1.807) is 6.92 Å². The molecule has 0 spiro atoms. The number of rotatable bonds is 10. The molecule has 1 heterocycles. The summed E-state index contributed by atoms with van der Waals surface area (Å²) in [5.41, 5.74) is -1.52. The van der Waals surface area contributed by atoms with E-state index in [0.717, 1.165) is 16.6 Å². The molecule has 0 amide bonds. The van der Waals surface area contributed by atoms with Gasteiger partial charge in [-0.25, -0.2) is 0 Å². The Balaban J connectivity index is 2.20. The fraction of sp³-hybridized carbons (Fsp3) is 0.519. The van der Waals surface area contributed by atoms with Gasteiger partial charge in [-0.05, 0) is 22.3 Å². The Kier molecular flexibility index (Phi) is 9.33. The first-order chi connectivity index (χ1) is 17.7. The van der Waals surface area contributed by atoms with Crippen molar-refractivity contribution < 1.29 is 36.0 Å². The van der Waals surface area contributed by atoms with Gasteiger partial charge in [0.2, 0.25) is 0 Å². The first-order valence-electron chi connectivity index (χ1n) is 12.4. The number of hydrogen-bond acceptors (Lipinski definition) is 8. The van der Waals surface area contributed by atoms with Crippen LogP contribution in [-0.4, -0.2) is 80.4 Å². The maximum absolute atomic E-state index is 12.2. The molecule has 2 aromatic rings. The van der Waals surface area contributed by atoms with Gasteiger partial charge in [0.05, 0.1) is 18.9 Å². The summed E-state index contributed by atoms with van der Waals surface area (Å²) in [4.78, 5) is 11.9. The third-order valence-corrected chi connectivity index (χ3v) is 12.6. The first-order valence-corrected chi connectivity index (χ1v) is 16.2. The van der Waals surface area contributed by atoms with E-state index < -0.39 is 54.3 Å². The van der Waals surface area contributed by atoms with Crippen LogP contribution in [0.15, 0.2) is 60.7 Å². The fourth-order valence-electron chi connectivity index (χ4n) is 5.38. The molecule has 0 saturated carbocycles. The lowest BCUT2D eigenvalue weighted by Gasteiger charge is -2.46. The Morgan fingerprint density at radius 2 is 1.58 bits per heavy atom. The molecule has 8 nitrogen and oxygen atoms in total. The molecule has 0 N–H and O–H groups in total. The Hall–Kier alpha value is -2.02. The van der Waals surface area contributed by atoms with Crippen molar-refractivity contribution in [2.75, 3.05) is 20.0 Å². The molecule has 5 atom stereocenters. The van der Waals surface area contributed by atoms with Crippen LogP contribution in [0.25, 0.3) is 0 Å². The van der Waals surface area contributed by atoms with Gasteiger partial charge in [-0.3, -0.25) is 8.98 Å². The molecule has 1 aliphatic heterocycles. The molecule has 2 aromatic carbocycles. The summed E-state index contributed by atoms with van der Waals surface area (Å²) >= 11 is 0. The predicted molar refractivity (Wildman–Crippen MR) is 149 cm³/mol. The number of hydrogen-bond donors (Lipinski definition) is 0. The van der Waals surface area contributed by atoms with Crippen LogP contribution in [0.5, 0.6) is 0 Å². The molecule has 206 valence electrons. The molecule has 1 fully saturated rings. The van der Waals surface area contributed by atoms with Crippen LogP contribution in [0.1, 0.15) is 34.6 Å². The number of carbonyl (C=O) groups is 1. The van der Waals surface area contributed by atoms with Crippen molar-refractivity contribution in [2.45, 2.75) is 69.6 Å². The van der Waals surface area contributed by atoms with Crippen molar-refractivity contribution in [3.05, 3.63) is 60.7 Å². The molecule has 38 heavy (non-hydrogen) atoms. The number of methoxy groups -OCH3 is 1. The van der Waals surface area contributed by atoms with Gasteiger partial charge in [0, 0.05) is 14.0 Å². The van der Waals surface area contributed by atoms with Crippen LogP contribution < -0.4 is 10.4 Å². The van der Waals surface area contributed by atoms with Gasteiger partial charge in [-0.1, -0.05) is 81.4 Å². The maximum atomic E-state index is 12.2. The predicted octanol–water partition coefficient (Wildman–Crippen LogP) is 2.14. The van der Waals surface area contributed by atoms with E-state index in [1.165, 1.54) is 14.0 Å². The van der Waals surface area contributed by atoms with Gasteiger partial charge in [0.15, 0.2) is 0 Å². The van der Waals surface area contributed by atoms with Crippen molar-refractivity contribution in [3.63, 3.8) is 0 Å². The van der Waals surface area contributed by atoms with E-state index in [1.807, 2.05) is 60.7 Å². The lowest BCUT2D eigenvalue weighted by atomic mass is 9.86. The summed E-state index contributed by atoms with van der Waals surface area (Å²) in [7, 11) is 0.734. The molecule has 0 unspecified atom stereocenters. The number of ether oxygens (including phenoxy) is 3. The molecule has 2 radical (unpaired) electrons. The summed E-state index contributed by atoms with van der Waals surface area (Å²) < 4.78 is 54.4. The van der Waals surface area contributed by atoms with E-state index in [2.05, 4.69) is 20.8 Å². The quantitative estimate of drug-likeness (QED) is 0.248. The van der Waals surface area contributed by atoms with Crippen LogP contribution >= 0.6 is 0 Å². The average Bonchev–Trinajstić information content (AvgIpc) is 3.10. The zero-order chi connectivity index (χ0) is 28.4. The van der Waals surface area contributed by atoms with E-state index in [9.17, 15) is 13.2 Å². The van der Waals surface area contributed by atoms with Gasteiger partial charge >= 0.3 is 5.97 Å². The zero-order valence-electron chi connectivity index (χ0n) is 23.0. The topological polar surface area (TPSA) is 97.4 Å². The van der Waals surface area contributed by atoms with Crippen LogP contribution in [0.3, 0.4) is 0 Å². The average molecular weight is 561 g/mol. The largest absolute Gasteiger partial charge is 0.458 e. The molecule has 3 rings (SSSR count). The monoisotopic (exact) mass is 560 g/mol. The van der Waals surface area contributed by atoms with E-state index in [4.69, 9.17) is 30.7 Å². The lowest BCUT2D eigenvalue weighted by Crippen LogP contribution is -2.69. The van der Waals surface area contributed by atoms with Crippen molar-refractivity contribution in [1.29, 1.82) is 0 Å². The minimum atomic E-state index is -3.90. The Morgan fingerprint density at radius 3 is 1.97 bits per heavy atom. The number of esters is 1. The van der Waals surface area contributed by atoms with E-state index in [0.29, 0.717) is 0 Å². The standard InChI is InChI=1S/C27H37BO8SSi/c1-19(36-37(7,30)31)27(24(32-6)23(25(28)35-27)34-20(2)29)18-33-38(26(3,4)5,21-14-10-8-11-15-21)22-16-12-9-13-17-22/h8-17,19,23-25H,18H2,1-7H3/t19-,23-,24+,25-,27+/m1/s1. The van der Waals surface area contributed by atoms with Crippen LogP contribution in [0, 0.1) is 0 Å². The van der Waals surface area contributed by atoms with Crippen LogP contribution in [0.2, 0.25) is 5.04 Å². The second-order valence-electron chi connectivity index (χ2n) is 10.7. The summed E-state index contributed by atoms with van der Waals surface area (Å²) in [5.74, 6) is -0.573.